The van der Waals surface area contributed by atoms with Crippen molar-refractivity contribution in [3.05, 3.63) is 70.9 Å². The largest absolute Gasteiger partial charge is 0.380 e. The zero-order chi connectivity index (χ0) is 16.2. The lowest BCUT2D eigenvalue weighted by molar-refractivity contribution is -0.872. The lowest BCUT2D eigenvalue weighted by Gasteiger charge is -2.10. The maximum Gasteiger partial charge on any atom is 0.214 e. The van der Waals surface area contributed by atoms with Crippen LogP contribution < -0.4 is 15.2 Å². The summed E-state index contributed by atoms with van der Waals surface area (Å²) in [6.07, 6.45) is 1.93. The molecule has 0 aliphatic rings. The summed E-state index contributed by atoms with van der Waals surface area (Å²) in [5.74, 6) is 0. The number of benzene rings is 2. The molecule has 3 nitrogen and oxygen atoms in total. The van der Waals surface area contributed by atoms with E-state index in [4.69, 9.17) is 11.6 Å². The van der Waals surface area contributed by atoms with Gasteiger partial charge in [-0.05, 0) is 17.7 Å². The second-order valence-corrected chi connectivity index (χ2v) is 6.57. The van der Waals surface area contributed by atoms with Crippen LogP contribution in [0, 0.1) is 0 Å². The second-order valence-electron chi connectivity index (χ2n) is 6.14. The van der Waals surface area contributed by atoms with Crippen molar-refractivity contribution in [1.82, 2.24) is 0 Å². The van der Waals surface area contributed by atoms with Crippen LogP contribution in [0.3, 0.4) is 0 Å². The van der Waals surface area contributed by atoms with Crippen LogP contribution in [0.1, 0.15) is 11.1 Å². The second kappa shape index (κ2) is 6.99. The predicted molar refractivity (Wildman–Crippen MR) is 95.8 cm³/mol. The highest BCUT2D eigenvalue weighted by molar-refractivity contribution is 6.31. The molecule has 0 atom stereocenters. The number of rotatable bonds is 5. The summed E-state index contributed by atoms with van der Waals surface area (Å²) in [5.41, 5.74) is 4.78. The highest BCUT2D eigenvalue weighted by atomic mass is 35.5. The quantitative estimate of drug-likeness (QED) is 0.741. The Labute approximate surface area is 141 Å². The summed E-state index contributed by atoms with van der Waals surface area (Å²) < 4.78 is 0. The molecule has 3 rings (SSSR count). The average molecular weight is 328 g/mol. The van der Waals surface area contributed by atoms with Crippen LogP contribution in [-0.4, -0.2) is 14.1 Å². The Hall–Kier alpha value is -2.10. The van der Waals surface area contributed by atoms with Crippen LogP contribution in [0.2, 0.25) is 5.02 Å². The van der Waals surface area contributed by atoms with Gasteiger partial charge in [0.25, 0.3) is 0 Å². The number of quaternary nitrogens is 1. The van der Waals surface area contributed by atoms with Gasteiger partial charge in [-0.15, -0.1) is 0 Å². The molecule has 23 heavy (non-hydrogen) atoms. The molecule has 1 aromatic heterocycles. The number of H-pyrrole nitrogens is 1. The lowest BCUT2D eigenvalue weighted by atomic mass is 10.1. The Morgan fingerprint density at radius 2 is 1.74 bits per heavy atom. The van der Waals surface area contributed by atoms with E-state index in [0.717, 1.165) is 34.7 Å². The fraction of sp³-hybridized carbons (Fsp3) is 0.211. The lowest BCUT2D eigenvalue weighted by Crippen LogP contribution is -3.04. The van der Waals surface area contributed by atoms with E-state index in [1.807, 2.05) is 24.4 Å². The highest BCUT2D eigenvalue weighted by Gasteiger charge is 2.07. The molecule has 0 fully saturated rings. The molecule has 0 saturated carbocycles. The van der Waals surface area contributed by atoms with Crippen LogP contribution in [0.5, 0.6) is 0 Å². The first-order chi connectivity index (χ1) is 11.1. The van der Waals surface area contributed by atoms with Crippen LogP contribution >= 0.6 is 11.6 Å². The van der Waals surface area contributed by atoms with E-state index in [2.05, 4.69) is 54.7 Å². The van der Waals surface area contributed by atoms with Gasteiger partial charge in [-0.25, -0.2) is 4.98 Å². The van der Waals surface area contributed by atoms with E-state index < -0.39 is 0 Å². The number of fused-ring (bicyclic) bond motifs is 1. The molecule has 0 spiro atoms. The predicted octanol–water partition coefficient (Wildman–Crippen LogP) is 2.56. The normalized spacial score (nSPS) is 11.1. The number of aromatic nitrogens is 1. The Bertz CT molecular complexity index is 797. The maximum absolute atomic E-state index is 6.05. The topological polar surface area (TPSA) is 30.6 Å². The molecule has 1 heterocycles. The van der Waals surface area contributed by atoms with Crippen LogP contribution in [0.15, 0.2) is 54.7 Å². The number of pyridine rings is 1. The fourth-order valence-corrected chi connectivity index (χ4v) is 2.88. The zero-order valence-electron chi connectivity index (χ0n) is 13.5. The van der Waals surface area contributed by atoms with E-state index in [1.165, 1.54) is 16.0 Å². The standard InChI is InChI=1S/C19H20ClN3/c1-23(2)13-15-5-3-14(4-6-15)12-22-18-9-10-21-19-11-16(20)7-8-17(18)19/h3-11H,12-13H2,1-2H3,(H,21,22)/p+2. The van der Waals surface area contributed by atoms with E-state index in [9.17, 15) is 0 Å². The summed E-state index contributed by atoms with van der Waals surface area (Å²) in [5, 5.41) is 5.40. The van der Waals surface area contributed by atoms with Crippen LogP contribution in [0.4, 0.5) is 5.69 Å². The molecule has 0 amide bonds. The molecule has 0 aliphatic heterocycles. The number of hydrogen-bond donors (Lipinski definition) is 2. The summed E-state index contributed by atoms with van der Waals surface area (Å²) in [4.78, 5) is 4.66. The van der Waals surface area contributed by atoms with Crippen molar-refractivity contribution in [3.8, 4) is 0 Å². The highest BCUT2D eigenvalue weighted by Crippen LogP contribution is 2.23. The van der Waals surface area contributed by atoms with E-state index in [0.29, 0.717) is 0 Å². The summed E-state index contributed by atoms with van der Waals surface area (Å²) in [6.45, 7) is 1.85. The SMILES string of the molecule is C[NH+](C)Cc1ccc(CNc2cc[nH+]c3cc(Cl)ccc23)cc1. The van der Waals surface area contributed by atoms with Gasteiger partial charge >= 0.3 is 0 Å². The molecule has 0 radical (unpaired) electrons. The van der Waals surface area contributed by atoms with E-state index in [-0.39, 0.29) is 0 Å². The first kappa shape index (κ1) is 15.8. The molecule has 2 aromatic carbocycles. The average Bonchev–Trinajstić information content (AvgIpc) is 2.53. The molecule has 0 bridgehead atoms. The van der Waals surface area contributed by atoms with Gasteiger partial charge in [0.1, 0.15) is 6.54 Å². The van der Waals surface area contributed by atoms with Crippen LogP contribution in [0.25, 0.3) is 10.9 Å². The third-order valence-corrected chi connectivity index (χ3v) is 4.06. The Morgan fingerprint density at radius 1 is 1.00 bits per heavy atom. The van der Waals surface area contributed by atoms with Crippen molar-refractivity contribution in [2.24, 2.45) is 0 Å². The molecular weight excluding hydrogens is 306 g/mol. The smallest absolute Gasteiger partial charge is 0.214 e. The molecule has 3 N–H and O–H groups in total. The maximum atomic E-state index is 6.05. The zero-order valence-corrected chi connectivity index (χ0v) is 14.2. The van der Waals surface area contributed by atoms with Gasteiger partial charge < -0.3 is 10.2 Å². The molecule has 4 heteroatoms. The van der Waals surface area contributed by atoms with Gasteiger partial charge in [0.2, 0.25) is 5.52 Å². The summed E-state index contributed by atoms with van der Waals surface area (Å²) >= 11 is 6.05. The third kappa shape index (κ3) is 4.01. The van der Waals surface area contributed by atoms with Crippen molar-refractivity contribution in [3.63, 3.8) is 0 Å². The van der Waals surface area contributed by atoms with Crippen molar-refractivity contribution in [2.75, 3.05) is 19.4 Å². The first-order valence-electron chi connectivity index (χ1n) is 7.82. The Morgan fingerprint density at radius 3 is 2.48 bits per heavy atom. The fourth-order valence-electron chi connectivity index (χ4n) is 2.71. The summed E-state index contributed by atoms with van der Waals surface area (Å²) in [6, 6.07) is 16.8. The monoisotopic (exact) mass is 327 g/mol. The number of aromatic amines is 1. The number of nitrogens with one attached hydrogen (secondary N) is 3. The van der Waals surface area contributed by atoms with Crippen molar-refractivity contribution >= 4 is 28.2 Å². The molecule has 0 aliphatic carbocycles. The van der Waals surface area contributed by atoms with E-state index >= 15 is 0 Å². The number of anilines is 1. The van der Waals surface area contributed by atoms with Crippen molar-refractivity contribution in [1.29, 1.82) is 0 Å². The van der Waals surface area contributed by atoms with Gasteiger partial charge in [-0.1, -0.05) is 35.9 Å². The summed E-state index contributed by atoms with van der Waals surface area (Å²) in [7, 11) is 4.33. The molecule has 118 valence electrons. The molecule has 0 saturated heterocycles. The van der Waals surface area contributed by atoms with Gasteiger partial charge in [0.05, 0.1) is 25.2 Å². The number of hydrogen-bond acceptors (Lipinski definition) is 1. The Balaban J connectivity index is 1.73. The molecular formula is C19H22ClN3+2. The van der Waals surface area contributed by atoms with Gasteiger partial charge in [-0.3, -0.25) is 0 Å². The molecule has 0 unspecified atom stereocenters. The Kier molecular flexibility index (Phi) is 4.79. The number of halogens is 1. The van der Waals surface area contributed by atoms with Crippen molar-refractivity contribution in [2.45, 2.75) is 13.1 Å². The molecule has 3 aromatic rings. The third-order valence-electron chi connectivity index (χ3n) is 3.82. The minimum atomic E-state index is 0.740. The minimum Gasteiger partial charge on any atom is -0.380 e. The minimum absolute atomic E-state index is 0.740. The van der Waals surface area contributed by atoms with E-state index in [1.54, 1.807) is 0 Å². The van der Waals surface area contributed by atoms with Gasteiger partial charge in [0, 0.05) is 29.3 Å². The van der Waals surface area contributed by atoms with Crippen LogP contribution in [-0.2, 0) is 13.1 Å². The van der Waals surface area contributed by atoms with Gasteiger partial charge in [0.15, 0.2) is 6.20 Å². The first-order valence-corrected chi connectivity index (χ1v) is 8.20. The van der Waals surface area contributed by atoms with Gasteiger partial charge in [-0.2, -0.15) is 0 Å². The van der Waals surface area contributed by atoms with Crippen molar-refractivity contribution < 1.29 is 9.88 Å².